The van der Waals surface area contributed by atoms with Crippen molar-refractivity contribution in [3.05, 3.63) is 100 Å². The zero-order valence-electron chi connectivity index (χ0n) is 23.4. The van der Waals surface area contributed by atoms with Crippen molar-refractivity contribution < 1.29 is 18.7 Å². The number of aromatic nitrogens is 3. The minimum Gasteiger partial charge on any atom is -0.466 e. The number of hydrogen-bond donors (Lipinski definition) is 1. The van der Waals surface area contributed by atoms with E-state index in [0.717, 1.165) is 10.9 Å². The Morgan fingerprint density at radius 3 is 2.40 bits per heavy atom. The number of esters is 1. The first-order valence-corrected chi connectivity index (χ1v) is 14.9. The van der Waals surface area contributed by atoms with Gasteiger partial charge in [-0.05, 0) is 73.9 Å². The number of aromatic amines is 1. The van der Waals surface area contributed by atoms with Crippen molar-refractivity contribution in [2.45, 2.75) is 26.3 Å². The first-order valence-electron chi connectivity index (χ1n) is 14.2. The van der Waals surface area contributed by atoms with E-state index in [2.05, 4.69) is 4.98 Å². The molecule has 1 N–H and O–H groups in total. The number of imidazole rings is 1. The van der Waals surface area contributed by atoms with Gasteiger partial charge in [-0.15, -0.1) is 0 Å². The lowest BCUT2D eigenvalue weighted by molar-refractivity contribution is -0.149. The maximum Gasteiger partial charge on any atom is 0.309 e. The summed E-state index contributed by atoms with van der Waals surface area (Å²) >= 11 is 12.5. The van der Waals surface area contributed by atoms with Crippen molar-refractivity contribution in [2.24, 2.45) is 5.92 Å². The van der Waals surface area contributed by atoms with Gasteiger partial charge in [-0.2, -0.15) is 0 Å². The number of likely N-dealkylation sites (tertiary alicyclic amines) is 1. The van der Waals surface area contributed by atoms with Crippen molar-refractivity contribution in [1.29, 1.82) is 0 Å². The van der Waals surface area contributed by atoms with Crippen molar-refractivity contribution in [3.8, 4) is 22.5 Å². The van der Waals surface area contributed by atoms with Gasteiger partial charge in [-0.3, -0.25) is 9.59 Å². The molecule has 5 aromatic rings. The van der Waals surface area contributed by atoms with Crippen molar-refractivity contribution >= 4 is 46.0 Å². The van der Waals surface area contributed by atoms with Gasteiger partial charge in [0.1, 0.15) is 11.5 Å². The van der Waals surface area contributed by atoms with E-state index in [1.807, 2.05) is 34.9 Å². The number of carbonyl (C=O) groups is 2. The molecule has 0 atom stereocenters. The average molecular weight is 620 g/mol. The number of carbonyl (C=O) groups excluding carboxylic acids is 2. The second-order valence-electron chi connectivity index (χ2n) is 10.6. The van der Waals surface area contributed by atoms with Gasteiger partial charge in [0.25, 0.3) is 5.91 Å². The molecule has 0 unspecified atom stereocenters. The van der Waals surface area contributed by atoms with Gasteiger partial charge in [-0.25, -0.2) is 9.37 Å². The van der Waals surface area contributed by atoms with Gasteiger partial charge in [0.05, 0.1) is 30.2 Å². The molecule has 0 saturated carbocycles. The zero-order chi connectivity index (χ0) is 30.1. The van der Waals surface area contributed by atoms with Crippen LogP contribution in [0.15, 0.2) is 73.1 Å². The van der Waals surface area contributed by atoms with Crippen LogP contribution in [0.3, 0.4) is 0 Å². The topological polar surface area (TPSA) is 80.2 Å². The number of nitrogens with zero attached hydrogens (tertiary/aromatic N) is 3. The zero-order valence-corrected chi connectivity index (χ0v) is 25.0. The third-order valence-corrected chi connectivity index (χ3v) is 8.32. The molecule has 1 aliphatic heterocycles. The van der Waals surface area contributed by atoms with E-state index < -0.39 is 0 Å². The van der Waals surface area contributed by atoms with Gasteiger partial charge >= 0.3 is 5.97 Å². The van der Waals surface area contributed by atoms with E-state index >= 15 is 0 Å². The summed E-state index contributed by atoms with van der Waals surface area (Å²) in [7, 11) is 0. The lowest BCUT2D eigenvalue weighted by Gasteiger charge is -2.31. The normalized spacial score (nSPS) is 13.9. The Morgan fingerprint density at radius 1 is 1.00 bits per heavy atom. The SMILES string of the molecule is CCOC(=O)C1CCN(C(=O)c2[nH]c3cc(Cl)ccc3c2-c2c(-c3ccc(F)cc3)ncn2Cc2ccc(Cl)cc2)CC1. The molecule has 6 rings (SSSR count). The molecular weight excluding hydrogens is 590 g/mol. The van der Waals surface area contributed by atoms with Crippen LogP contribution in [0.1, 0.15) is 35.8 Å². The molecule has 0 radical (unpaired) electrons. The lowest BCUT2D eigenvalue weighted by atomic mass is 9.96. The van der Waals surface area contributed by atoms with Crippen LogP contribution in [0.25, 0.3) is 33.4 Å². The van der Waals surface area contributed by atoms with E-state index in [1.165, 1.54) is 12.1 Å². The second-order valence-corrected chi connectivity index (χ2v) is 11.5. The summed E-state index contributed by atoms with van der Waals surface area (Å²) in [6.07, 6.45) is 2.79. The molecule has 7 nitrogen and oxygen atoms in total. The van der Waals surface area contributed by atoms with E-state index in [0.29, 0.717) is 82.9 Å². The van der Waals surface area contributed by atoms with Crippen LogP contribution in [0, 0.1) is 11.7 Å². The largest absolute Gasteiger partial charge is 0.466 e. The van der Waals surface area contributed by atoms with Crippen molar-refractivity contribution in [1.82, 2.24) is 19.4 Å². The lowest BCUT2D eigenvalue weighted by Crippen LogP contribution is -2.41. The Bertz CT molecular complexity index is 1790. The number of amides is 1. The summed E-state index contributed by atoms with van der Waals surface area (Å²) in [4.78, 5) is 36.4. The van der Waals surface area contributed by atoms with Crippen LogP contribution in [0.4, 0.5) is 4.39 Å². The van der Waals surface area contributed by atoms with Crippen LogP contribution >= 0.6 is 23.2 Å². The molecule has 43 heavy (non-hydrogen) atoms. The average Bonchev–Trinajstić information content (AvgIpc) is 3.59. The molecule has 3 aromatic carbocycles. The minimum atomic E-state index is -0.352. The number of piperidine rings is 1. The maximum atomic E-state index is 14.2. The molecule has 220 valence electrons. The summed E-state index contributed by atoms with van der Waals surface area (Å²) in [5.74, 6) is -0.981. The Balaban J connectivity index is 1.48. The highest BCUT2D eigenvalue weighted by molar-refractivity contribution is 6.31. The number of nitrogens with one attached hydrogen (secondary N) is 1. The smallest absolute Gasteiger partial charge is 0.309 e. The van der Waals surface area contributed by atoms with E-state index in [1.54, 1.807) is 42.4 Å². The molecular formula is C33H29Cl2FN4O3. The Kier molecular flexibility index (Phi) is 8.23. The maximum absolute atomic E-state index is 14.2. The summed E-state index contributed by atoms with van der Waals surface area (Å²) < 4.78 is 21.1. The minimum absolute atomic E-state index is 0.186. The Labute approximate surface area is 258 Å². The van der Waals surface area contributed by atoms with Crippen molar-refractivity contribution in [3.63, 3.8) is 0 Å². The molecule has 10 heteroatoms. The fourth-order valence-electron chi connectivity index (χ4n) is 5.68. The van der Waals surface area contributed by atoms with E-state index in [9.17, 15) is 14.0 Å². The Hall–Kier alpha value is -4.14. The third kappa shape index (κ3) is 5.90. The predicted octanol–water partition coefficient (Wildman–Crippen LogP) is 7.61. The van der Waals surface area contributed by atoms with Crippen LogP contribution in [0.2, 0.25) is 10.0 Å². The highest BCUT2D eigenvalue weighted by atomic mass is 35.5. The predicted molar refractivity (Wildman–Crippen MR) is 166 cm³/mol. The van der Waals surface area contributed by atoms with Crippen LogP contribution < -0.4 is 0 Å². The molecule has 3 heterocycles. The summed E-state index contributed by atoms with van der Waals surface area (Å²) in [5, 5.41) is 1.97. The number of fused-ring (bicyclic) bond motifs is 1. The van der Waals surface area contributed by atoms with Gasteiger partial charge in [0, 0.05) is 51.7 Å². The highest BCUT2D eigenvalue weighted by Gasteiger charge is 2.32. The molecule has 1 amide bonds. The third-order valence-electron chi connectivity index (χ3n) is 7.83. The number of hydrogen-bond acceptors (Lipinski definition) is 4. The van der Waals surface area contributed by atoms with Gasteiger partial charge in [0.2, 0.25) is 0 Å². The first-order chi connectivity index (χ1) is 20.8. The number of halogens is 3. The first kappa shape index (κ1) is 29.0. The molecule has 2 aromatic heterocycles. The van der Waals surface area contributed by atoms with Crippen LogP contribution in [0.5, 0.6) is 0 Å². The summed E-state index contributed by atoms with van der Waals surface area (Å²) in [6.45, 7) is 3.43. The number of benzene rings is 3. The molecule has 1 fully saturated rings. The van der Waals surface area contributed by atoms with E-state index in [4.69, 9.17) is 32.9 Å². The van der Waals surface area contributed by atoms with E-state index in [-0.39, 0.29) is 23.6 Å². The molecule has 1 aliphatic rings. The highest BCUT2D eigenvalue weighted by Crippen LogP contribution is 2.40. The van der Waals surface area contributed by atoms with Gasteiger partial charge in [0.15, 0.2) is 0 Å². The number of rotatable bonds is 7. The molecule has 0 bridgehead atoms. The number of H-pyrrole nitrogens is 1. The summed E-state index contributed by atoms with van der Waals surface area (Å²) in [6, 6.07) is 19.2. The summed E-state index contributed by atoms with van der Waals surface area (Å²) in [5.41, 5.74) is 4.80. The number of ether oxygens (including phenoxy) is 1. The quantitative estimate of drug-likeness (QED) is 0.190. The second kappa shape index (κ2) is 12.2. The molecule has 0 aliphatic carbocycles. The Morgan fingerprint density at radius 2 is 1.70 bits per heavy atom. The van der Waals surface area contributed by atoms with Crippen LogP contribution in [-0.4, -0.2) is 51.0 Å². The fourth-order valence-corrected chi connectivity index (χ4v) is 5.98. The van der Waals surface area contributed by atoms with Gasteiger partial charge < -0.3 is 19.2 Å². The standard InChI is InChI=1S/C33H29Cl2FN4O3/c1-2-43-33(42)22-13-15-39(16-14-22)32(41)30-28(26-12-9-24(35)17-27(26)38-30)31-29(21-5-10-25(36)11-6-21)37-19-40(31)18-20-3-7-23(34)8-4-20/h3-12,17,19,22,38H,2,13-16,18H2,1H3. The molecule has 0 spiro atoms. The van der Waals surface area contributed by atoms with Crippen LogP contribution in [-0.2, 0) is 16.1 Å². The fraction of sp³-hybridized carbons (Fsp3) is 0.242. The molecule has 1 saturated heterocycles. The van der Waals surface area contributed by atoms with Gasteiger partial charge in [-0.1, -0.05) is 41.4 Å². The monoisotopic (exact) mass is 618 g/mol. The van der Waals surface area contributed by atoms with Crippen molar-refractivity contribution in [2.75, 3.05) is 19.7 Å².